The minimum Gasteiger partial charge on any atom is -0.326 e. The molecule has 0 unspecified atom stereocenters. The van der Waals surface area contributed by atoms with Crippen molar-refractivity contribution in [3.8, 4) is 0 Å². The van der Waals surface area contributed by atoms with Gasteiger partial charge in [0.05, 0.1) is 0 Å². The SMILES string of the molecule is CC(=O)Nc1ccc(/C=C\C(=O)n2ccccc2=NC(C)C)cc1. The molecule has 1 heterocycles. The lowest BCUT2D eigenvalue weighted by Gasteiger charge is -2.04. The van der Waals surface area contributed by atoms with Gasteiger partial charge in [-0.15, -0.1) is 0 Å². The summed E-state index contributed by atoms with van der Waals surface area (Å²) in [6.07, 6.45) is 4.94. The summed E-state index contributed by atoms with van der Waals surface area (Å²) >= 11 is 0. The predicted octanol–water partition coefficient (Wildman–Crippen LogP) is 3.11. The predicted molar refractivity (Wildman–Crippen MR) is 95.5 cm³/mol. The van der Waals surface area contributed by atoms with E-state index in [0.29, 0.717) is 5.49 Å². The number of hydrogen-bond acceptors (Lipinski definition) is 3. The van der Waals surface area contributed by atoms with Crippen LogP contribution in [0.4, 0.5) is 5.69 Å². The first kappa shape index (κ1) is 17.4. The zero-order chi connectivity index (χ0) is 17.5. The summed E-state index contributed by atoms with van der Waals surface area (Å²) in [6, 6.07) is 12.8. The number of pyridine rings is 1. The first-order valence-corrected chi connectivity index (χ1v) is 7.77. The Morgan fingerprint density at radius 2 is 1.83 bits per heavy atom. The van der Waals surface area contributed by atoms with Crippen molar-refractivity contribution < 1.29 is 9.59 Å². The van der Waals surface area contributed by atoms with E-state index < -0.39 is 0 Å². The van der Waals surface area contributed by atoms with E-state index in [1.165, 1.54) is 17.6 Å². The minimum absolute atomic E-state index is 0.108. The molecule has 24 heavy (non-hydrogen) atoms. The van der Waals surface area contributed by atoms with Crippen molar-refractivity contribution in [2.24, 2.45) is 4.99 Å². The van der Waals surface area contributed by atoms with Gasteiger partial charge in [-0.05, 0) is 49.8 Å². The summed E-state index contributed by atoms with van der Waals surface area (Å²) in [6.45, 7) is 5.39. The molecule has 0 bridgehead atoms. The number of allylic oxidation sites excluding steroid dienone is 1. The van der Waals surface area contributed by atoms with Gasteiger partial charge >= 0.3 is 0 Å². The van der Waals surface area contributed by atoms with Crippen LogP contribution >= 0.6 is 0 Å². The number of carbonyl (C=O) groups is 2. The molecule has 1 aromatic heterocycles. The molecule has 0 aliphatic rings. The van der Waals surface area contributed by atoms with Crippen LogP contribution < -0.4 is 10.8 Å². The average Bonchev–Trinajstić information content (AvgIpc) is 2.53. The number of nitrogens with one attached hydrogen (secondary N) is 1. The van der Waals surface area contributed by atoms with Gasteiger partial charge < -0.3 is 5.32 Å². The van der Waals surface area contributed by atoms with E-state index in [2.05, 4.69) is 10.3 Å². The summed E-state index contributed by atoms with van der Waals surface area (Å²) in [4.78, 5) is 27.8. The Bertz CT molecular complexity index is 815. The van der Waals surface area contributed by atoms with E-state index in [0.717, 1.165) is 11.3 Å². The van der Waals surface area contributed by atoms with Crippen molar-refractivity contribution in [2.75, 3.05) is 5.32 Å². The number of amides is 1. The minimum atomic E-state index is -0.166. The Kier molecular flexibility index (Phi) is 5.84. The lowest BCUT2D eigenvalue weighted by atomic mass is 10.2. The van der Waals surface area contributed by atoms with Crippen molar-refractivity contribution in [1.29, 1.82) is 0 Å². The summed E-state index contributed by atoms with van der Waals surface area (Å²) < 4.78 is 1.52. The zero-order valence-electron chi connectivity index (χ0n) is 14.1. The van der Waals surface area contributed by atoms with Crippen LogP contribution in [0.2, 0.25) is 0 Å². The maximum Gasteiger partial charge on any atom is 0.256 e. The fourth-order valence-corrected chi connectivity index (χ4v) is 2.12. The molecule has 124 valence electrons. The highest BCUT2D eigenvalue weighted by Crippen LogP contribution is 2.10. The lowest BCUT2D eigenvalue weighted by Crippen LogP contribution is -2.26. The van der Waals surface area contributed by atoms with E-state index in [9.17, 15) is 9.59 Å². The number of nitrogens with zero attached hydrogens (tertiary/aromatic N) is 2. The zero-order valence-corrected chi connectivity index (χ0v) is 14.1. The van der Waals surface area contributed by atoms with Gasteiger partial charge in [0, 0.05) is 30.9 Å². The van der Waals surface area contributed by atoms with Crippen LogP contribution in [-0.4, -0.2) is 22.4 Å². The molecule has 1 N–H and O–H groups in total. The number of carbonyl (C=O) groups excluding carboxylic acids is 2. The molecular formula is C19H21N3O2. The monoisotopic (exact) mass is 323 g/mol. The molecule has 0 aliphatic heterocycles. The van der Waals surface area contributed by atoms with Gasteiger partial charge in [0.1, 0.15) is 5.49 Å². The highest BCUT2D eigenvalue weighted by atomic mass is 16.2. The Hall–Kier alpha value is -2.95. The number of benzene rings is 1. The molecule has 0 fully saturated rings. The van der Waals surface area contributed by atoms with Gasteiger partial charge in [-0.2, -0.15) is 0 Å². The third-order valence-electron chi connectivity index (χ3n) is 3.12. The maximum atomic E-state index is 12.4. The largest absolute Gasteiger partial charge is 0.326 e. The smallest absolute Gasteiger partial charge is 0.256 e. The fourth-order valence-electron chi connectivity index (χ4n) is 2.12. The molecule has 0 atom stereocenters. The molecule has 0 spiro atoms. The Morgan fingerprint density at radius 3 is 2.46 bits per heavy atom. The van der Waals surface area contributed by atoms with E-state index in [4.69, 9.17) is 0 Å². The summed E-state index contributed by atoms with van der Waals surface area (Å²) in [7, 11) is 0. The second-order valence-corrected chi connectivity index (χ2v) is 5.63. The molecule has 5 heteroatoms. The first-order chi connectivity index (χ1) is 11.5. The van der Waals surface area contributed by atoms with Gasteiger partial charge in [0.15, 0.2) is 0 Å². The summed E-state index contributed by atoms with van der Waals surface area (Å²) in [5.74, 6) is -0.281. The van der Waals surface area contributed by atoms with Gasteiger partial charge in [0.2, 0.25) is 5.91 Å². The van der Waals surface area contributed by atoms with Gasteiger partial charge in [-0.3, -0.25) is 19.1 Å². The number of anilines is 1. The van der Waals surface area contributed by atoms with Crippen LogP contribution in [0.5, 0.6) is 0 Å². The molecule has 2 rings (SSSR count). The van der Waals surface area contributed by atoms with Crippen LogP contribution in [0.3, 0.4) is 0 Å². The number of rotatable bonds is 4. The van der Waals surface area contributed by atoms with Crippen molar-refractivity contribution in [1.82, 2.24) is 4.57 Å². The molecule has 0 saturated heterocycles. The molecule has 0 aliphatic carbocycles. The van der Waals surface area contributed by atoms with Crippen LogP contribution in [0.15, 0.2) is 59.7 Å². The highest BCUT2D eigenvalue weighted by molar-refractivity contribution is 5.93. The summed E-state index contributed by atoms with van der Waals surface area (Å²) in [5, 5.41) is 2.70. The Morgan fingerprint density at radius 1 is 1.12 bits per heavy atom. The van der Waals surface area contributed by atoms with Crippen molar-refractivity contribution in [3.63, 3.8) is 0 Å². The molecule has 0 saturated carbocycles. The average molecular weight is 323 g/mol. The molecule has 2 aromatic rings. The molecule has 5 nitrogen and oxygen atoms in total. The lowest BCUT2D eigenvalue weighted by molar-refractivity contribution is -0.114. The topological polar surface area (TPSA) is 63.5 Å². The van der Waals surface area contributed by atoms with Crippen molar-refractivity contribution >= 4 is 23.6 Å². The molecule has 0 radical (unpaired) electrons. The van der Waals surface area contributed by atoms with E-state index in [-0.39, 0.29) is 17.9 Å². The summed E-state index contributed by atoms with van der Waals surface area (Å²) in [5.41, 5.74) is 2.22. The Labute approximate surface area is 141 Å². The van der Waals surface area contributed by atoms with Gasteiger partial charge in [-0.25, -0.2) is 0 Å². The third kappa shape index (κ3) is 5.05. The Balaban J connectivity index is 2.18. The van der Waals surface area contributed by atoms with E-state index in [1.54, 1.807) is 30.5 Å². The van der Waals surface area contributed by atoms with Crippen LogP contribution in [-0.2, 0) is 4.79 Å². The molecule has 1 amide bonds. The normalized spacial score (nSPS) is 11.9. The van der Waals surface area contributed by atoms with Gasteiger partial charge in [0.25, 0.3) is 5.91 Å². The van der Waals surface area contributed by atoms with Crippen LogP contribution in [0, 0.1) is 0 Å². The molecule has 1 aromatic carbocycles. The van der Waals surface area contributed by atoms with Crippen LogP contribution in [0.1, 0.15) is 31.1 Å². The second kappa shape index (κ2) is 8.06. The second-order valence-electron chi connectivity index (χ2n) is 5.63. The van der Waals surface area contributed by atoms with E-state index in [1.807, 2.05) is 38.1 Å². The maximum absolute atomic E-state index is 12.4. The third-order valence-corrected chi connectivity index (χ3v) is 3.12. The number of aromatic nitrogens is 1. The standard InChI is InChI=1S/C19H21N3O2/c1-14(2)20-18-6-4-5-13-22(18)19(24)12-9-16-7-10-17(11-8-16)21-15(3)23/h4-14H,1-3H3,(H,21,23)/b12-9-,20-18?. The molecular weight excluding hydrogens is 302 g/mol. The van der Waals surface area contributed by atoms with Gasteiger partial charge in [-0.1, -0.05) is 18.2 Å². The number of hydrogen-bond donors (Lipinski definition) is 1. The van der Waals surface area contributed by atoms with Crippen molar-refractivity contribution in [3.05, 3.63) is 65.8 Å². The first-order valence-electron chi connectivity index (χ1n) is 7.77. The highest BCUT2D eigenvalue weighted by Gasteiger charge is 2.01. The quantitative estimate of drug-likeness (QED) is 0.879. The van der Waals surface area contributed by atoms with Crippen LogP contribution in [0.25, 0.3) is 6.08 Å². The van der Waals surface area contributed by atoms with Crippen molar-refractivity contribution in [2.45, 2.75) is 26.8 Å². The fraction of sp³-hybridized carbons (Fsp3) is 0.211. The van der Waals surface area contributed by atoms with E-state index >= 15 is 0 Å².